The number of nitrogens with two attached hydrogens (primary N) is 2. The molecule has 0 saturated heterocycles. The van der Waals surface area contributed by atoms with Crippen molar-refractivity contribution in [1.82, 2.24) is 0 Å². The number of aliphatic hydroxyl groups is 2. The molecule has 2 aromatic rings. The van der Waals surface area contributed by atoms with Crippen molar-refractivity contribution in [3.05, 3.63) is 47.5 Å². The standard InChI is InChI=1S/C16H20N2O2/c1-10-2-4-11(5-3-10)14-6-12(17)7-16(18)15(14)8-13(20)9-19/h2-7,13,19-20H,8-9,17-18H2,1H3. The fourth-order valence-corrected chi connectivity index (χ4v) is 2.24. The Morgan fingerprint density at radius 2 is 1.75 bits per heavy atom. The largest absolute Gasteiger partial charge is 0.399 e. The van der Waals surface area contributed by atoms with Crippen molar-refractivity contribution < 1.29 is 10.2 Å². The first kappa shape index (κ1) is 14.4. The van der Waals surface area contributed by atoms with Gasteiger partial charge >= 0.3 is 0 Å². The van der Waals surface area contributed by atoms with Crippen LogP contribution < -0.4 is 11.5 Å². The average molecular weight is 272 g/mol. The lowest BCUT2D eigenvalue weighted by molar-refractivity contribution is 0.0957. The number of anilines is 2. The molecule has 0 aliphatic heterocycles. The van der Waals surface area contributed by atoms with Crippen LogP contribution in [0, 0.1) is 6.92 Å². The molecule has 2 aromatic carbocycles. The summed E-state index contributed by atoms with van der Waals surface area (Å²) in [5, 5.41) is 18.7. The van der Waals surface area contributed by atoms with E-state index in [1.54, 1.807) is 6.07 Å². The number of hydrogen-bond acceptors (Lipinski definition) is 4. The Labute approximate surface area is 118 Å². The first-order chi connectivity index (χ1) is 9.51. The van der Waals surface area contributed by atoms with Crippen molar-refractivity contribution >= 4 is 11.4 Å². The van der Waals surface area contributed by atoms with Crippen LogP contribution in [-0.4, -0.2) is 22.9 Å². The van der Waals surface area contributed by atoms with Gasteiger partial charge in [0, 0.05) is 17.8 Å². The molecule has 0 aliphatic rings. The van der Waals surface area contributed by atoms with Crippen LogP contribution in [0.25, 0.3) is 11.1 Å². The molecule has 0 aliphatic carbocycles. The van der Waals surface area contributed by atoms with Gasteiger partial charge in [0.1, 0.15) is 0 Å². The van der Waals surface area contributed by atoms with Crippen molar-refractivity contribution in [2.75, 3.05) is 18.1 Å². The van der Waals surface area contributed by atoms with Gasteiger partial charge in [-0.3, -0.25) is 0 Å². The summed E-state index contributed by atoms with van der Waals surface area (Å²) in [5.41, 5.74) is 16.9. The molecule has 106 valence electrons. The van der Waals surface area contributed by atoms with Crippen LogP contribution >= 0.6 is 0 Å². The van der Waals surface area contributed by atoms with Crippen LogP contribution in [0.4, 0.5) is 11.4 Å². The summed E-state index contributed by atoms with van der Waals surface area (Å²) in [5.74, 6) is 0. The predicted octanol–water partition coefficient (Wildman–Crippen LogP) is 1.72. The highest BCUT2D eigenvalue weighted by Gasteiger charge is 2.14. The van der Waals surface area contributed by atoms with Gasteiger partial charge in [-0.25, -0.2) is 0 Å². The van der Waals surface area contributed by atoms with Gasteiger partial charge in [-0.15, -0.1) is 0 Å². The van der Waals surface area contributed by atoms with Gasteiger partial charge in [-0.05, 0) is 35.7 Å². The maximum Gasteiger partial charge on any atom is 0.0812 e. The van der Waals surface area contributed by atoms with Crippen LogP contribution in [0.3, 0.4) is 0 Å². The van der Waals surface area contributed by atoms with Gasteiger partial charge in [-0.1, -0.05) is 29.8 Å². The smallest absolute Gasteiger partial charge is 0.0812 e. The van der Waals surface area contributed by atoms with Crippen LogP contribution in [0.15, 0.2) is 36.4 Å². The molecule has 1 atom stereocenters. The second-order valence-electron chi connectivity index (χ2n) is 5.04. The number of nitrogen functional groups attached to an aromatic ring is 2. The fraction of sp³-hybridized carbons (Fsp3) is 0.250. The SMILES string of the molecule is Cc1ccc(-c2cc(N)cc(N)c2CC(O)CO)cc1. The number of aliphatic hydroxyl groups excluding tert-OH is 2. The summed E-state index contributed by atoms with van der Waals surface area (Å²) in [6.45, 7) is 1.73. The minimum Gasteiger partial charge on any atom is -0.399 e. The van der Waals surface area contributed by atoms with E-state index in [1.165, 1.54) is 5.56 Å². The number of rotatable bonds is 4. The van der Waals surface area contributed by atoms with Gasteiger partial charge in [0.25, 0.3) is 0 Å². The van der Waals surface area contributed by atoms with Crippen LogP contribution in [0.1, 0.15) is 11.1 Å². The highest BCUT2D eigenvalue weighted by Crippen LogP contribution is 2.31. The van der Waals surface area contributed by atoms with Crippen molar-refractivity contribution in [2.45, 2.75) is 19.4 Å². The van der Waals surface area contributed by atoms with Crippen LogP contribution in [0.2, 0.25) is 0 Å². The minimum atomic E-state index is -0.829. The second kappa shape index (κ2) is 5.94. The molecule has 0 radical (unpaired) electrons. The van der Waals surface area contributed by atoms with Gasteiger partial charge in [0.05, 0.1) is 12.7 Å². The number of benzene rings is 2. The zero-order chi connectivity index (χ0) is 14.7. The number of hydrogen-bond donors (Lipinski definition) is 4. The third-order valence-electron chi connectivity index (χ3n) is 3.32. The van der Waals surface area contributed by atoms with E-state index in [2.05, 4.69) is 0 Å². The summed E-state index contributed by atoms with van der Waals surface area (Å²) in [7, 11) is 0. The fourth-order valence-electron chi connectivity index (χ4n) is 2.24. The van der Waals surface area contributed by atoms with Gasteiger partial charge in [-0.2, -0.15) is 0 Å². The number of aryl methyl sites for hydroxylation is 1. The molecule has 0 aromatic heterocycles. The van der Waals surface area contributed by atoms with E-state index in [-0.39, 0.29) is 6.61 Å². The summed E-state index contributed by atoms with van der Waals surface area (Å²) in [6, 6.07) is 11.6. The Bertz CT molecular complexity index is 594. The van der Waals surface area contributed by atoms with Crippen molar-refractivity contribution in [3.8, 4) is 11.1 Å². The molecule has 0 heterocycles. The van der Waals surface area contributed by atoms with E-state index in [1.807, 2.05) is 37.3 Å². The Balaban J connectivity index is 2.52. The van der Waals surface area contributed by atoms with Crippen molar-refractivity contribution in [1.29, 1.82) is 0 Å². The summed E-state index contributed by atoms with van der Waals surface area (Å²) < 4.78 is 0. The molecule has 0 bridgehead atoms. The third kappa shape index (κ3) is 3.10. The molecule has 0 spiro atoms. The van der Waals surface area contributed by atoms with E-state index in [0.717, 1.165) is 16.7 Å². The van der Waals surface area contributed by atoms with E-state index in [4.69, 9.17) is 16.6 Å². The highest BCUT2D eigenvalue weighted by molar-refractivity contribution is 5.77. The van der Waals surface area contributed by atoms with Gasteiger partial charge < -0.3 is 21.7 Å². The van der Waals surface area contributed by atoms with Crippen LogP contribution in [-0.2, 0) is 6.42 Å². The summed E-state index contributed by atoms with van der Waals surface area (Å²) >= 11 is 0. The van der Waals surface area contributed by atoms with E-state index in [9.17, 15) is 5.11 Å². The maximum atomic E-state index is 9.68. The van der Waals surface area contributed by atoms with E-state index in [0.29, 0.717) is 17.8 Å². The zero-order valence-electron chi connectivity index (χ0n) is 11.5. The molecule has 20 heavy (non-hydrogen) atoms. The monoisotopic (exact) mass is 272 g/mol. The minimum absolute atomic E-state index is 0.294. The molecule has 0 amide bonds. The van der Waals surface area contributed by atoms with E-state index >= 15 is 0 Å². The van der Waals surface area contributed by atoms with Crippen molar-refractivity contribution in [3.63, 3.8) is 0 Å². The Morgan fingerprint density at radius 1 is 1.10 bits per heavy atom. The van der Waals surface area contributed by atoms with E-state index < -0.39 is 6.10 Å². The van der Waals surface area contributed by atoms with Gasteiger partial charge in [0.15, 0.2) is 0 Å². The second-order valence-corrected chi connectivity index (χ2v) is 5.04. The van der Waals surface area contributed by atoms with Crippen molar-refractivity contribution in [2.24, 2.45) is 0 Å². The molecular weight excluding hydrogens is 252 g/mol. The molecule has 4 nitrogen and oxygen atoms in total. The molecule has 2 rings (SSSR count). The average Bonchev–Trinajstić information content (AvgIpc) is 2.42. The van der Waals surface area contributed by atoms with Crippen LogP contribution in [0.5, 0.6) is 0 Å². The Morgan fingerprint density at radius 3 is 2.35 bits per heavy atom. The Kier molecular flexibility index (Phi) is 4.27. The summed E-state index contributed by atoms with van der Waals surface area (Å²) in [4.78, 5) is 0. The van der Waals surface area contributed by atoms with Gasteiger partial charge in [0.2, 0.25) is 0 Å². The Hall–Kier alpha value is -2.04. The topological polar surface area (TPSA) is 92.5 Å². The molecular formula is C16H20N2O2. The first-order valence-corrected chi connectivity index (χ1v) is 6.55. The molecule has 0 fully saturated rings. The highest BCUT2D eigenvalue weighted by atomic mass is 16.3. The third-order valence-corrected chi connectivity index (χ3v) is 3.32. The summed E-state index contributed by atoms with van der Waals surface area (Å²) in [6.07, 6.45) is -0.531. The maximum absolute atomic E-state index is 9.68. The molecule has 1 unspecified atom stereocenters. The first-order valence-electron chi connectivity index (χ1n) is 6.55. The zero-order valence-corrected chi connectivity index (χ0v) is 11.5. The molecule has 6 N–H and O–H groups in total. The predicted molar refractivity (Wildman–Crippen MR) is 82.2 cm³/mol. The lowest BCUT2D eigenvalue weighted by Gasteiger charge is -2.16. The lowest BCUT2D eigenvalue weighted by atomic mass is 9.93. The quantitative estimate of drug-likeness (QED) is 0.638. The molecule has 0 saturated carbocycles. The normalized spacial score (nSPS) is 12.3. The lowest BCUT2D eigenvalue weighted by Crippen LogP contribution is -2.17. The molecule has 4 heteroatoms.